The number of hydrogen-bond acceptors (Lipinski definition) is 14. The van der Waals surface area contributed by atoms with Crippen molar-refractivity contribution in [3.05, 3.63) is 0 Å². The summed E-state index contributed by atoms with van der Waals surface area (Å²) in [6.07, 6.45) is -7.13. The van der Waals surface area contributed by atoms with E-state index in [1.54, 1.807) is 34.8 Å². The van der Waals surface area contributed by atoms with Crippen molar-refractivity contribution in [2.24, 2.45) is 29.6 Å². The SMILES string of the molecule is CC[C@H]1OC(=O)[C@H](C)[C@@H](O[C@H]2C[C@@](C)(OC)[C@@H](O)[C@H](C)O2)[C@H](C)[C@@H](O[C@@H]2O[C@H](C)C[C@H](N(C)C)[C@H]2O)[C@](C)(OC)C[C@@H](C)C(=O)C(C)[C@@H]2C(O)CO[C@@]21C. The average molecular weight is 774 g/mol. The second kappa shape index (κ2) is 17.7. The summed E-state index contributed by atoms with van der Waals surface area (Å²) in [5, 5.41) is 33.9. The van der Waals surface area contributed by atoms with Crippen molar-refractivity contribution in [2.45, 2.75) is 179 Å². The number of rotatable bonds is 8. The molecular formula is C40H71NO13. The molecule has 0 bridgehead atoms. The van der Waals surface area contributed by atoms with Gasteiger partial charge in [-0.05, 0) is 74.9 Å². The van der Waals surface area contributed by atoms with E-state index < -0.39 is 108 Å². The highest BCUT2D eigenvalue weighted by Gasteiger charge is 2.58. The first kappa shape index (κ1) is 45.4. The second-order valence-electron chi connectivity index (χ2n) is 17.5. The fraction of sp³-hybridized carbons (Fsp3) is 0.950. The van der Waals surface area contributed by atoms with Crippen molar-refractivity contribution in [1.29, 1.82) is 0 Å². The lowest BCUT2D eigenvalue weighted by Gasteiger charge is -2.50. The third kappa shape index (κ3) is 8.89. The molecule has 0 spiro atoms. The minimum atomic E-state index is -1.20. The van der Waals surface area contributed by atoms with Crippen molar-refractivity contribution in [1.82, 2.24) is 4.90 Å². The number of carbonyl (C=O) groups excluding carboxylic acids is 2. The molecule has 0 amide bonds. The zero-order chi connectivity index (χ0) is 40.7. The number of esters is 1. The van der Waals surface area contributed by atoms with Crippen LogP contribution in [0.25, 0.3) is 0 Å². The number of fused-ring (bicyclic) bond motifs is 1. The lowest BCUT2D eigenvalue weighted by Crippen LogP contribution is -2.61. The molecule has 14 nitrogen and oxygen atoms in total. The van der Waals surface area contributed by atoms with Crippen LogP contribution in [0.3, 0.4) is 0 Å². The third-order valence-corrected chi connectivity index (χ3v) is 13.4. The number of ketones is 1. The smallest absolute Gasteiger partial charge is 0.311 e. The maximum atomic E-state index is 14.5. The van der Waals surface area contributed by atoms with Gasteiger partial charge in [0, 0.05) is 50.4 Å². The van der Waals surface area contributed by atoms with Gasteiger partial charge in [-0.1, -0.05) is 27.7 Å². The van der Waals surface area contributed by atoms with E-state index in [9.17, 15) is 24.9 Å². The molecule has 0 radical (unpaired) electrons. The Hall–Kier alpha value is -1.30. The first-order chi connectivity index (χ1) is 25.1. The van der Waals surface area contributed by atoms with E-state index in [1.807, 2.05) is 60.5 Å². The van der Waals surface area contributed by atoms with Gasteiger partial charge < -0.3 is 58.1 Å². The highest BCUT2D eigenvalue weighted by Crippen LogP contribution is 2.46. The quantitative estimate of drug-likeness (QED) is 0.308. The van der Waals surface area contributed by atoms with Gasteiger partial charge in [0.15, 0.2) is 12.6 Å². The number of aliphatic hydroxyl groups excluding tert-OH is 3. The normalized spacial score (nSPS) is 50.0. The summed E-state index contributed by atoms with van der Waals surface area (Å²) < 4.78 is 50.9. The molecule has 14 heteroatoms. The van der Waals surface area contributed by atoms with Gasteiger partial charge in [-0.3, -0.25) is 9.59 Å². The Balaban J connectivity index is 1.87. The first-order valence-corrected chi connectivity index (χ1v) is 19.9. The fourth-order valence-corrected chi connectivity index (χ4v) is 9.88. The number of nitrogens with zero attached hydrogens (tertiary/aromatic N) is 1. The Bertz CT molecular complexity index is 1270. The van der Waals surface area contributed by atoms with Crippen molar-refractivity contribution in [3.8, 4) is 0 Å². The van der Waals surface area contributed by atoms with E-state index in [2.05, 4.69) is 0 Å². The van der Waals surface area contributed by atoms with E-state index in [4.69, 9.17) is 37.9 Å². The number of carbonyl (C=O) groups is 2. The number of hydrogen-bond donors (Lipinski definition) is 3. The van der Waals surface area contributed by atoms with Gasteiger partial charge in [-0.2, -0.15) is 0 Å². The molecule has 2 unspecified atom stereocenters. The van der Waals surface area contributed by atoms with Crippen LogP contribution in [-0.2, 0) is 47.5 Å². The lowest BCUT2D eigenvalue weighted by molar-refractivity contribution is -0.319. The molecule has 314 valence electrons. The molecule has 4 rings (SSSR count). The summed E-state index contributed by atoms with van der Waals surface area (Å²) >= 11 is 0. The second-order valence-corrected chi connectivity index (χ2v) is 17.5. The van der Waals surface area contributed by atoms with E-state index in [1.165, 1.54) is 7.11 Å². The topological polar surface area (TPSA) is 172 Å². The molecule has 4 fully saturated rings. The molecule has 0 aromatic carbocycles. The summed E-state index contributed by atoms with van der Waals surface area (Å²) in [6.45, 7) is 18.3. The largest absolute Gasteiger partial charge is 0.459 e. The molecule has 3 N–H and O–H groups in total. The maximum Gasteiger partial charge on any atom is 0.311 e. The van der Waals surface area contributed by atoms with Gasteiger partial charge in [0.2, 0.25) is 0 Å². The van der Waals surface area contributed by atoms with Gasteiger partial charge in [-0.15, -0.1) is 0 Å². The van der Waals surface area contributed by atoms with Gasteiger partial charge >= 0.3 is 5.97 Å². The molecule has 19 atom stereocenters. The maximum absolute atomic E-state index is 14.5. The Morgan fingerprint density at radius 2 is 1.50 bits per heavy atom. The van der Waals surface area contributed by atoms with Crippen molar-refractivity contribution in [3.63, 3.8) is 0 Å². The van der Waals surface area contributed by atoms with Crippen molar-refractivity contribution >= 4 is 11.8 Å². The minimum absolute atomic E-state index is 0.00262. The third-order valence-electron chi connectivity index (χ3n) is 13.4. The summed E-state index contributed by atoms with van der Waals surface area (Å²) in [7, 11) is 6.88. The molecule has 4 heterocycles. The number of aliphatic hydroxyl groups is 3. The van der Waals surface area contributed by atoms with Crippen molar-refractivity contribution < 1.29 is 62.8 Å². The molecule has 4 aliphatic heterocycles. The number of methoxy groups -OCH3 is 2. The highest BCUT2D eigenvalue weighted by atomic mass is 16.7. The van der Waals surface area contributed by atoms with Crippen LogP contribution in [-0.4, -0.2) is 151 Å². The highest BCUT2D eigenvalue weighted by molar-refractivity contribution is 5.83. The van der Waals surface area contributed by atoms with Crippen LogP contribution >= 0.6 is 0 Å². The molecule has 4 aliphatic rings. The van der Waals surface area contributed by atoms with Gasteiger partial charge in [-0.25, -0.2) is 0 Å². The number of ether oxygens (including phenoxy) is 8. The predicted molar refractivity (Wildman–Crippen MR) is 198 cm³/mol. The summed E-state index contributed by atoms with van der Waals surface area (Å²) in [5.41, 5.74) is -3.35. The standard InChI is InChI=1S/C40H71NO13/c1-15-28-40(10)30(27(42)19-49-40)22(4)31(43)20(2)17-39(9,48-14)35(54-37-32(44)26(41(11)12)16-21(3)50-37)23(5)33(24(6)36(46)52-28)53-29-18-38(8,47-13)34(45)25(7)51-29/h20-30,32-35,37,42,44-45H,15-19H2,1-14H3/t20-,21-,22?,23+,24-,25+,26+,27?,28-,29+,30-,32-,33+,34+,35-,37+,38-,39-,40-/m1/s1. The van der Waals surface area contributed by atoms with Crippen LogP contribution in [0.2, 0.25) is 0 Å². The summed E-state index contributed by atoms with van der Waals surface area (Å²) in [6, 6.07) is -0.265. The van der Waals surface area contributed by atoms with Crippen molar-refractivity contribution in [2.75, 3.05) is 34.9 Å². The zero-order valence-electron chi connectivity index (χ0n) is 35.1. The Kier molecular flexibility index (Phi) is 14.9. The number of Topliss-reactive ketones (excluding diaryl/α,β-unsaturated/α-hetero) is 1. The van der Waals surface area contributed by atoms with Crippen LogP contribution in [0.15, 0.2) is 0 Å². The first-order valence-electron chi connectivity index (χ1n) is 19.9. The molecule has 0 aliphatic carbocycles. The van der Waals surface area contributed by atoms with E-state index in [0.717, 1.165) is 0 Å². The zero-order valence-corrected chi connectivity index (χ0v) is 35.1. The lowest BCUT2D eigenvalue weighted by atomic mass is 9.69. The van der Waals surface area contributed by atoms with Crippen LogP contribution < -0.4 is 0 Å². The van der Waals surface area contributed by atoms with E-state index in [0.29, 0.717) is 12.8 Å². The van der Waals surface area contributed by atoms with Crippen LogP contribution in [0, 0.1) is 29.6 Å². The molecule has 54 heavy (non-hydrogen) atoms. The van der Waals surface area contributed by atoms with Crippen LogP contribution in [0.4, 0.5) is 0 Å². The Labute approximate surface area is 322 Å². The molecule has 0 aromatic heterocycles. The van der Waals surface area contributed by atoms with Gasteiger partial charge in [0.05, 0.1) is 54.2 Å². The average Bonchev–Trinajstić information content (AvgIpc) is 3.43. The molecular weight excluding hydrogens is 702 g/mol. The molecule has 0 aromatic rings. The van der Waals surface area contributed by atoms with Gasteiger partial charge in [0.1, 0.15) is 29.7 Å². The van der Waals surface area contributed by atoms with E-state index >= 15 is 0 Å². The van der Waals surface area contributed by atoms with Gasteiger partial charge in [0.25, 0.3) is 0 Å². The number of likely N-dealkylation sites (N-methyl/N-ethyl adjacent to an activating group) is 1. The monoisotopic (exact) mass is 773 g/mol. The number of cyclic esters (lactones) is 1. The predicted octanol–water partition coefficient (Wildman–Crippen LogP) is 3.09. The minimum Gasteiger partial charge on any atom is -0.459 e. The Morgan fingerprint density at radius 3 is 2.07 bits per heavy atom. The summed E-state index contributed by atoms with van der Waals surface area (Å²) in [5.74, 6) is -4.12. The molecule has 4 saturated heterocycles. The van der Waals surface area contributed by atoms with Crippen LogP contribution in [0.1, 0.15) is 94.9 Å². The van der Waals surface area contributed by atoms with Crippen LogP contribution in [0.5, 0.6) is 0 Å². The fourth-order valence-electron chi connectivity index (χ4n) is 9.88. The van der Waals surface area contributed by atoms with E-state index in [-0.39, 0.29) is 37.4 Å². The summed E-state index contributed by atoms with van der Waals surface area (Å²) in [4.78, 5) is 30.8. The molecule has 0 saturated carbocycles. The Morgan fingerprint density at radius 1 is 0.870 bits per heavy atom.